The number of likely N-dealkylation sites (tertiary alicyclic amines) is 1. The van der Waals surface area contributed by atoms with Gasteiger partial charge < -0.3 is 15.4 Å². The summed E-state index contributed by atoms with van der Waals surface area (Å²) in [7, 11) is 1.92. The fourth-order valence-corrected chi connectivity index (χ4v) is 3.65. The van der Waals surface area contributed by atoms with E-state index >= 15 is 0 Å². The molecule has 0 saturated carbocycles. The predicted octanol–water partition coefficient (Wildman–Crippen LogP) is 2.62. The third-order valence-corrected chi connectivity index (χ3v) is 5.46. The molecule has 1 aliphatic rings. The maximum atomic E-state index is 12.8. The van der Waals surface area contributed by atoms with Crippen molar-refractivity contribution in [1.29, 1.82) is 0 Å². The molecule has 172 valence electrons. The van der Waals surface area contributed by atoms with Crippen LogP contribution in [0.15, 0.2) is 36.8 Å². The summed E-state index contributed by atoms with van der Waals surface area (Å²) in [5.74, 6) is -0.577. The first-order valence-electron chi connectivity index (χ1n) is 10.7. The molecule has 0 aliphatic carbocycles. The van der Waals surface area contributed by atoms with Crippen LogP contribution in [0.1, 0.15) is 48.8 Å². The van der Waals surface area contributed by atoms with Crippen molar-refractivity contribution in [2.45, 2.75) is 45.3 Å². The Kier molecular flexibility index (Phi) is 6.98. The lowest BCUT2D eigenvalue weighted by molar-refractivity contribution is 0.0154. The van der Waals surface area contributed by atoms with Crippen LogP contribution in [0.3, 0.4) is 0 Å². The molecule has 2 aromatic rings. The first-order chi connectivity index (χ1) is 15.0. The highest BCUT2D eigenvalue weighted by atomic mass is 16.6. The van der Waals surface area contributed by atoms with Gasteiger partial charge in [0.15, 0.2) is 0 Å². The quantitative estimate of drug-likeness (QED) is 0.764. The van der Waals surface area contributed by atoms with Crippen LogP contribution in [0.4, 0.5) is 4.79 Å². The van der Waals surface area contributed by atoms with Crippen molar-refractivity contribution in [3.63, 3.8) is 0 Å². The van der Waals surface area contributed by atoms with Crippen molar-refractivity contribution >= 4 is 17.9 Å². The van der Waals surface area contributed by atoms with Gasteiger partial charge in [-0.05, 0) is 52.8 Å². The summed E-state index contributed by atoms with van der Waals surface area (Å²) in [6.07, 6.45) is 4.46. The van der Waals surface area contributed by atoms with E-state index in [2.05, 4.69) is 4.98 Å². The van der Waals surface area contributed by atoms with Gasteiger partial charge in [0.25, 0.3) is 0 Å². The number of carbonyl (C=O) groups is 3. The number of benzene rings is 1. The van der Waals surface area contributed by atoms with Gasteiger partial charge in [-0.3, -0.25) is 19.1 Å². The Morgan fingerprint density at radius 2 is 1.78 bits per heavy atom. The molecular formula is C23H31N5O4. The predicted molar refractivity (Wildman–Crippen MR) is 120 cm³/mol. The van der Waals surface area contributed by atoms with Crippen molar-refractivity contribution in [2.24, 2.45) is 5.73 Å². The molecule has 0 radical (unpaired) electrons. The maximum Gasteiger partial charge on any atom is 0.410 e. The Bertz CT molecular complexity index is 969. The second-order valence-corrected chi connectivity index (χ2v) is 9.12. The smallest absolute Gasteiger partial charge is 0.410 e. The molecule has 2 amide bonds. The van der Waals surface area contributed by atoms with E-state index in [9.17, 15) is 14.4 Å². The monoisotopic (exact) mass is 441 g/mol. The van der Waals surface area contributed by atoms with Crippen LogP contribution < -0.4 is 5.73 Å². The standard InChI is InChI=1S/C23H31N5O4/c1-23(2,3)32-22(31)27-11-9-18(10-12-27)26(4)14-20(29)28-13-19(25-15-28)16-5-7-17(8-6-16)21(24)30/h5-8,13,15,18H,9-12,14H2,1-4H3,(H2,24,30). The number of likely N-dealkylation sites (N-methyl/N-ethyl adjacent to an activating group) is 1. The molecular weight excluding hydrogens is 410 g/mol. The number of nitrogens with two attached hydrogens (primary N) is 1. The topological polar surface area (TPSA) is 111 Å². The lowest BCUT2D eigenvalue weighted by atomic mass is 10.0. The van der Waals surface area contributed by atoms with E-state index in [0.717, 1.165) is 18.4 Å². The van der Waals surface area contributed by atoms with Gasteiger partial charge in [-0.15, -0.1) is 0 Å². The van der Waals surface area contributed by atoms with Gasteiger partial charge in [0.2, 0.25) is 11.8 Å². The number of aromatic nitrogens is 2. The first-order valence-corrected chi connectivity index (χ1v) is 10.7. The molecule has 9 nitrogen and oxygen atoms in total. The van der Waals surface area contributed by atoms with E-state index in [4.69, 9.17) is 10.5 Å². The normalized spacial score (nSPS) is 15.1. The summed E-state index contributed by atoms with van der Waals surface area (Å²) in [6.45, 7) is 7.02. The molecule has 0 unspecified atom stereocenters. The van der Waals surface area contributed by atoms with Crippen molar-refractivity contribution in [3.05, 3.63) is 42.4 Å². The zero-order valence-electron chi connectivity index (χ0n) is 19.1. The van der Waals surface area contributed by atoms with Gasteiger partial charge in [0.05, 0.1) is 12.2 Å². The Hall–Kier alpha value is -3.20. The molecule has 1 aromatic carbocycles. The number of hydrogen-bond donors (Lipinski definition) is 1. The number of carbonyl (C=O) groups excluding carboxylic acids is 3. The molecule has 2 N–H and O–H groups in total. The highest BCUT2D eigenvalue weighted by Crippen LogP contribution is 2.20. The number of primary amides is 1. The summed E-state index contributed by atoms with van der Waals surface area (Å²) in [4.78, 5) is 44.2. The molecule has 0 spiro atoms. The fourth-order valence-electron chi connectivity index (χ4n) is 3.65. The molecule has 1 aliphatic heterocycles. The van der Waals surface area contributed by atoms with E-state index < -0.39 is 11.5 Å². The molecule has 3 rings (SSSR count). The number of amides is 2. The number of hydrogen-bond acceptors (Lipinski definition) is 6. The highest BCUT2D eigenvalue weighted by Gasteiger charge is 2.29. The van der Waals surface area contributed by atoms with Gasteiger partial charge in [-0.2, -0.15) is 0 Å². The minimum atomic E-state index is -0.509. The Labute approximate surface area is 188 Å². The van der Waals surface area contributed by atoms with Crippen LogP contribution in [0.2, 0.25) is 0 Å². The summed E-state index contributed by atoms with van der Waals surface area (Å²) >= 11 is 0. The maximum absolute atomic E-state index is 12.8. The van der Waals surface area contributed by atoms with Crippen LogP contribution in [-0.2, 0) is 4.74 Å². The van der Waals surface area contributed by atoms with Crippen LogP contribution in [0.25, 0.3) is 11.3 Å². The molecule has 1 saturated heterocycles. The SMILES string of the molecule is CN(CC(=O)n1cnc(-c2ccc(C(N)=O)cc2)c1)C1CCN(C(=O)OC(C)(C)C)CC1. The zero-order chi connectivity index (χ0) is 23.5. The molecule has 0 atom stereocenters. The van der Waals surface area contributed by atoms with E-state index in [1.165, 1.54) is 10.9 Å². The lowest BCUT2D eigenvalue weighted by Crippen LogP contribution is -2.48. The van der Waals surface area contributed by atoms with Crippen LogP contribution in [-0.4, -0.2) is 75.6 Å². The molecule has 0 bridgehead atoms. The van der Waals surface area contributed by atoms with Crippen LogP contribution in [0.5, 0.6) is 0 Å². The zero-order valence-corrected chi connectivity index (χ0v) is 19.1. The second-order valence-electron chi connectivity index (χ2n) is 9.12. The summed E-state index contributed by atoms with van der Waals surface area (Å²) in [5, 5.41) is 0. The summed E-state index contributed by atoms with van der Waals surface area (Å²) < 4.78 is 6.91. The Morgan fingerprint density at radius 3 is 2.34 bits per heavy atom. The van der Waals surface area contributed by atoms with Gasteiger partial charge >= 0.3 is 6.09 Å². The number of ether oxygens (including phenoxy) is 1. The molecule has 1 fully saturated rings. The van der Waals surface area contributed by atoms with E-state index in [1.54, 1.807) is 35.4 Å². The molecule has 32 heavy (non-hydrogen) atoms. The van der Waals surface area contributed by atoms with Gasteiger partial charge in [0.1, 0.15) is 11.9 Å². The minimum Gasteiger partial charge on any atom is -0.444 e. The Balaban J connectivity index is 1.53. The molecule has 2 heterocycles. The minimum absolute atomic E-state index is 0.0884. The number of imidazole rings is 1. The van der Waals surface area contributed by atoms with Crippen LogP contribution in [0, 0.1) is 0 Å². The third-order valence-electron chi connectivity index (χ3n) is 5.46. The number of nitrogens with zero attached hydrogens (tertiary/aromatic N) is 4. The highest BCUT2D eigenvalue weighted by molar-refractivity contribution is 5.93. The van der Waals surface area contributed by atoms with Crippen molar-refractivity contribution in [3.8, 4) is 11.3 Å². The van der Waals surface area contributed by atoms with Crippen LogP contribution >= 0.6 is 0 Å². The Morgan fingerprint density at radius 1 is 1.16 bits per heavy atom. The second kappa shape index (κ2) is 9.52. The number of rotatable bonds is 5. The van der Waals surface area contributed by atoms with Gasteiger partial charge in [0, 0.05) is 36.5 Å². The largest absolute Gasteiger partial charge is 0.444 e. The molecule has 9 heteroatoms. The number of piperidine rings is 1. The first kappa shape index (κ1) is 23.5. The fraction of sp³-hybridized carbons (Fsp3) is 0.478. The van der Waals surface area contributed by atoms with Gasteiger partial charge in [-0.25, -0.2) is 9.78 Å². The van der Waals surface area contributed by atoms with Crippen molar-refractivity contribution in [2.75, 3.05) is 26.7 Å². The summed E-state index contributed by atoms with van der Waals surface area (Å²) in [6, 6.07) is 6.98. The average Bonchev–Trinajstić information content (AvgIpc) is 3.23. The third kappa shape index (κ3) is 5.94. The average molecular weight is 442 g/mol. The van der Waals surface area contributed by atoms with E-state index in [1.807, 2.05) is 32.7 Å². The summed E-state index contributed by atoms with van der Waals surface area (Å²) in [5.41, 5.74) is 6.62. The lowest BCUT2D eigenvalue weighted by Gasteiger charge is -2.37. The van der Waals surface area contributed by atoms with E-state index in [0.29, 0.717) is 24.3 Å². The van der Waals surface area contributed by atoms with Gasteiger partial charge in [-0.1, -0.05) is 12.1 Å². The van der Waals surface area contributed by atoms with Crippen molar-refractivity contribution in [1.82, 2.24) is 19.4 Å². The van der Waals surface area contributed by atoms with E-state index in [-0.39, 0.29) is 24.6 Å². The molecule has 1 aromatic heterocycles. The van der Waals surface area contributed by atoms with Crippen molar-refractivity contribution < 1.29 is 19.1 Å².